The maximum absolute atomic E-state index is 12.8. The summed E-state index contributed by atoms with van der Waals surface area (Å²) in [6.45, 7) is 3.85. The first-order valence-electron chi connectivity index (χ1n) is 10.7. The molecule has 10 heteroatoms. The van der Waals surface area contributed by atoms with Crippen LogP contribution in [0.25, 0.3) is 10.9 Å². The smallest absolute Gasteiger partial charge is 0.224 e. The van der Waals surface area contributed by atoms with Gasteiger partial charge in [-0.1, -0.05) is 11.6 Å². The summed E-state index contributed by atoms with van der Waals surface area (Å²) < 4.78 is 9.29. The molecule has 2 aromatic carbocycles. The summed E-state index contributed by atoms with van der Waals surface area (Å²) in [6, 6.07) is 16.4. The number of nitrogens with one attached hydrogen (secondary N) is 1. The first kappa shape index (κ1) is 22.1. The van der Waals surface area contributed by atoms with Crippen LogP contribution in [0.2, 0.25) is 5.02 Å². The molecule has 1 fully saturated rings. The van der Waals surface area contributed by atoms with Crippen molar-refractivity contribution in [2.45, 2.75) is 17.9 Å². The zero-order valence-corrected chi connectivity index (χ0v) is 20.2. The van der Waals surface area contributed by atoms with Crippen molar-refractivity contribution in [2.24, 2.45) is 0 Å². The Labute approximate surface area is 205 Å². The standard InChI is InChI=1S/C23H23ClN6OS2/c24-18-1-6-21-17(15-18)7-9-29(21)10-8-22(31)30-13-11-28(12-14-30)19-2-4-20(5-3-19)32-27-23-25-16-26-33-23/h1-7,9,15-16H,8,10-14H2,(H,25,26,27). The number of carbonyl (C=O) groups excluding carboxylic acids is 1. The third-order valence-corrected chi connectivity index (χ3v) is 7.50. The fraction of sp³-hybridized carbons (Fsp3) is 0.261. The molecule has 1 saturated heterocycles. The molecule has 3 heterocycles. The Kier molecular flexibility index (Phi) is 6.70. The average Bonchev–Trinajstić information content (AvgIpc) is 3.51. The van der Waals surface area contributed by atoms with Crippen LogP contribution in [0.15, 0.2) is 66.0 Å². The number of nitrogens with zero attached hydrogens (tertiary/aromatic N) is 5. The molecular formula is C23H23ClN6OS2. The van der Waals surface area contributed by atoms with Gasteiger partial charge in [0.25, 0.3) is 0 Å². The van der Waals surface area contributed by atoms with E-state index in [1.54, 1.807) is 6.33 Å². The number of rotatable bonds is 7. The van der Waals surface area contributed by atoms with Crippen LogP contribution in [0.3, 0.4) is 0 Å². The van der Waals surface area contributed by atoms with Crippen LogP contribution in [0.5, 0.6) is 0 Å². The number of fused-ring (bicyclic) bond motifs is 1. The number of aryl methyl sites for hydroxylation is 1. The van der Waals surface area contributed by atoms with Crippen LogP contribution in [-0.2, 0) is 11.3 Å². The monoisotopic (exact) mass is 498 g/mol. The summed E-state index contributed by atoms with van der Waals surface area (Å²) in [6.07, 6.45) is 4.07. The van der Waals surface area contributed by atoms with E-state index < -0.39 is 0 Å². The molecule has 1 aliphatic rings. The van der Waals surface area contributed by atoms with Gasteiger partial charge in [0.05, 0.1) is 0 Å². The van der Waals surface area contributed by atoms with Gasteiger partial charge in [0, 0.05) is 83.4 Å². The Hall–Kier alpha value is -2.75. The van der Waals surface area contributed by atoms with Crippen LogP contribution in [0, 0.1) is 0 Å². The molecule has 170 valence electrons. The molecule has 0 saturated carbocycles. The molecule has 0 bridgehead atoms. The lowest BCUT2D eigenvalue weighted by Gasteiger charge is -2.36. The minimum atomic E-state index is 0.208. The fourth-order valence-corrected chi connectivity index (χ4v) is 5.27. The SMILES string of the molecule is O=C(CCn1ccc2cc(Cl)ccc21)N1CCN(c2ccc(SNc3ncns3)cc2)CC1. The average molecular weight is 499 g/mol. The normalized spacial score (nSPS) is 14.1. The highest BCUT2D eigenvalue weighted by Crippen LogP contribution is 2.25. The van der Waals surface area contributed by atoms with E-state index in [4.69, 9.17) is 11.6 Å². The van der Waals surface area contributed by atoms with Crippen molar-refractivity contribution in [2.75, 3.05) is 35.8 Å². The van der Waals surface area contributed by atoms with Gasteiger partial charge < -0.3 is 19.1 Å². The Morgan fingerprint density at radius 2 is 1.91 bits per heavy atom. The Morgan fingerprint density at radius 3 is 2.67 bits per heavy atom. The van der Waals surface area contributed by atoms with Gasteiger partial charge >= 0.3 is 0 Å². The zero-order valence-electron chi connectivity index (χ0n) is 17.9. The molecule has 1 amide bonds. The number of anilines is 2. The van der Waals surface area contributed by atoms with Gasteiger partial charge in [-0.2, -0.15) is 4.37 Å². The van der Waals surface area contributed by atoms with Crippen molar-refractivity contribution in [1.82, 2.24) is 18.8 Å². The second-order valence-electron chi connectivity index (χ2n) is 7.77. The van der Waals surface area contributed by atoms with E-state index in [2.05, 4.69) is 47.8 Å². The second kappa shape index (κ2) is 10.0. The maximum Gasteiger partial charge on any atom is 0.224 e. The molecule has 0 spiro atoms. The number of piperazine rings is 1. The third kappa shape index (κ3) is 5.26. The fourth-order valence-electron chi connectivity index (χ4n) is 4.00. The number of hydrogen-bond acceptors (Lipinski definition) is 7. The lowest BCUT2D eigenvalue weighted by molar-refractivity contribution is -0.131. The van der Waals surface area contributed by atoms with E-state index in [0.29, 0.717) is 13.0 Å². The van der Waals surface area contributed by atoms with E-state index in [0.717, 1.165) is 52.1 Å². The highest BCUT2D eigenvalue weighted by Gasteiger charge is 2.21. The van der Waals surface area contributed by atoms with Crippen LogP contribution in [-0.4, -0.2) is 50.9 Å². The van der Waals surface area contributed by atoms with Gasteiger partial charge in [-0.3, -0.25) is 4.79 Å². The lowest BCUT2D eigenvalue weighted by Crippen LogP contribution is -2.48. The molecule has 7 nitrogen and oxygen atoms in total. The van der Waals surface area contributed by atoms with Crippen LogP contribution in [0.1, 0.15) is 6.42 Å². The predicted octanol–water partition coefficient (Wildman–Crippen LogP) is 5.00. The van der Waals surface area contributed by atoms with Crippen molar-refractivity contribution in [3.8, 4) is 0 Å². The number of amides is 1. The summed E-state index contributed by atoms with van der Waals surface area (Å²) in [4.78, 5) is 22.3. The van der Waals surface area contributed by atoms with E-state index in [1.165, 1.54) is 29.2 Å². The second-order valence-corrected chi connectivity index (χ2v) is 9.87. The number of carbonyl (C=O) groups is 1. The van der Waals surface area contributed by atoms with Crippen molar-refractivity contribution in [1.29, 1.82) is 0 Å². The molecule has 4 aromatic rings. The predicted molar refractivity (Wildman–Crippen MR) is 136 cm³/mol. The third-order valence-electron chi connectivity index (χ3n) is 5.75. The Balaban J connectivity index is 1.10. The van der Waals surface area contributed by atoms with E-state index in [9.17, 15) is 4.79 Å². The summed E-state index contributed by atoms with van der Waals surface area (Å²) in [5.74, 6) is 0.208. The zero-order chi connectivity index (χ0) is 22.6. The van der Waals surface area contributed by atoms with Crippen molar-refractivity contribution >= 4 is 62.7 Å². The number of halogens is 1. The first-order valence-corrected chi connectivity index (χ1v) is 12.7. The first-order chi connectivity index (χ1) is 16.2. The summed E-state index contributed by atoms with van der Waals surface area (Å²) in [5.41, 5.74) is 2.29. The largest absolute Gasteiger partial charge is 0.368 e. The molecule has 5 rings (SSSR count). The minimum absolute atomic E-state index is 0.208. The molecule has 1 N–H and O–H groups in total. The van der Waals surface area contributed by atoms with Crippen LogP contribution in [0.4, 0.5) is 10.8 Å². The van der Waals surface area contributed by atoms with E-state index in [-0.39, 0.29) is 5.91 Å². The minimum Gasteiger partial charge on any atom is -0.368 e. The number of aromatic nitrogens is 3. The summed E-state index contributed by atoms with van der Waals surface area (Å²) in [5, 5.41) is 2.62. The molecule has 0 aliphatic carbocycles. The van der Waals surface area contributed by atoms with Gasteiger partial charge in [-0.15, -0.1) is 0 Å². The molecule has 2 aromatic heterocycles. The highest BCUT2D eigenvalue weighted by atomic mass is 35.5. The van der Waals surface area contributed by atoms with E-state index >= 15 is 0 Å². The Morgan fingerprint density at radius 1 is 1.09 bits per heavy atom. The molecule has 0 unspecified atom stereocenters. The topological polar surface area (TPSA) is 66.3 Å². The van der Waals surface area contributed by atoms with Gasteiger partial charge in [0.1, 0.15) is 6.33 Å². The van der Waals surface area contributed by atoms with Crippen molar-refractivity contribution in [3.63, 3.8) is 0 Å². The van der Waals surface area contributed by atoms with Crippen molar-refractivity contribution in [3.05, 3.63) is 66.1 Å². The Bertz CT molecular complexity index is 1220. The van der Waals surface area contributed by atoms with Gasteiger partial charge in [0.2, 0.25) is 11.0 Å². The molecule has 0 atom stereocenters. The summed E-state index contributed by atoms with van der Waals surface area (Å²) in [7, 11) is 0. The summed E-state index contributed by atoms with van der Waals surface area (Å²) >= 11 is 8.93. The lowest BCUT2D eigenvalue weighted by atomic mass is 10.2. The van der Waals surface area contributed by atoms with Gasteiger partial charge in [0.15, 0.2) is 0 Å². The maximum atomic E-state index is 12.8. The van der Waals surface area contributed by atoms with Crippen molar-refractivity contribution < 1.29 is 4.79 Å². The van der Waals surface area contributed by atoms with Crippen LogP contribution >= 0.6 is 35.1 Å². The highest BCUT2D eigenvalue weighted by molar-refractivity contribution is 8.00. The molecule has 1 aliphatic heterocycles. The molecule has 0 radical (unpaired) electrons. The van der Waals surface area contributed by atoms with Crippen LogP contribution < -0.4 is 9.62 Å². The molecule has 33 heavy (non-hydrogen) atoms. The quantitative estimate of drug-likeness (QED) is 0.361. The molecular weight excluding hydrogens is 476 g/mol. The van der Waals surface area contributed by atoms with Gasteiger partial charge in [-0.25, -0.2) is 4.98 Å². The van der Waals surface area contributed by atoms with Gasteiger partial charge in [-0.05, 0) is 60.5 Å². The van der Waals surface area contributed by atoms with E-state index in [1.807, 2.05) is 35.4 Å². The number of benzene rings is 2. The number of hydrogen-bond donors (Lipinski definition) is 1.